The second-order valence-electron chi connectivity index (χ2n) is 3.20. The SMILES string of the molecule is COCCNC(=O)CCc1csc(C)n1. The van der Waals surface area contributed by atoms with Crippen LogP contribution in [0.25, 0.3) is 0 Å². The van der Waals surface area contributed by atoms with Gasteiger partial charge in [-0.2, -0.15) is 0 Å². The molecule has 0 aliphatic carbocycles. The standard InChI is InChI=1S/C10H16N2O2S/c1-8-12-9(7-15-8)3-4-10(13)11-5-6-14-2/h7H,3-6H2,1-2H3,(H,11,13). The fraction of sp³-hybridized carbons (Fsp3) is 0.600. The Hall–Kier alpha value is -0.940. The third kappa shape index (κ3) is 4.90. The fourth-order valence-corrected chi connectivity index (χ4v) is 1.79. The first-order valence-electron chi connectivity index (χ1n) is 4.89. The van der Waals surface area contributed by atoms with E-state index in [2.05, 4.69) is 10.3 Å². The summed E-state index contributed by atoms with van der Waals surface area (Å²) in [6, 6.07) is 0. The van der Waals surface area contributed by atoms with Crippen LogP contribution < -0.4 is 5.32 Å². The Bertz CT molecular complexity index is 312. The Labute approximate surface area is 93.7 Å². The molecular formula is C10H16N2O2S. The molecule has 1 rings (SSSR count). The average molecular weight is 228 g/mol. The largest absolute Gasteiger partial charge is 0.383 e. The minimum Gasteiger partial charge on any atom is -0.383 e. The zero-order valence-corrected chi connectivity index (χ0v) is 9.89. The van der Waals surface area contributed by atoms with E-state index >= 15 is 0 Å². The molecule has 0 spiro atoms. The number of nitrogens with zero attached hydrogens (tertiary/aromatic N) is 1. The number of aryl methyl sites for hydroxylation is 2. The van der Waals surface area contributed by atoms with Crippen molar-refractivity contribution in [3.8, 4) is 0 Å². The Balaban J connectivity index is 2.16. The molecule has 1 amide bonds. The van der Waals surface area contributed by atoms with Gasteiger partial charge in [-0.1, -0.05) is 0 Å². The molecule has 0 saturated heterocycles. The maximum atomic E-state index is 11.3. The van der Waals surface area contributed by atoms with Crippen molar-refractivity contribution in [3.63, 3.8) is 0 Å². The normalized spacial score (nSPS) is 10.3. The van der Waals surface area contributed by atoms with Crippen molar-refractivity contribution in [2.75, 3.05) is 20.3 Å². The summed E-state index contributed by atoms with van der Waals surface area (Å²) in [5, 5.41) is 5.82. The number of rotatable bonds is 6. The Morgan fingerprint density at radius 1 is 1.67 bits per heavy atom. The van der Waals surface area contributed by atoms with Gasteiger partial charge in [0.1, 0.15) is 0 Å². The van der Waals surface area contributed by atoms with Crippen LogP contribution in [0, 0.1) is 6.92 Å². The minimum atomic E-state index is 0.0534. The summed E-state index contributed by atoms with van der Waals surface area (Å²) in [6.07, 6.45) is 1.20. The third-order valence-corrected chi connectivity index (χ3v) is 2.73. The zero-order valence-electron chi connectivity index (χ0n) is 9.08. The first kappa shape index (κ1) is 12.1. The lowest BCUT2D eigenvalue weighted by Crippen LogP contribution is -2.27. The molecule has 84 valence electrons. The van der Waals surface area contributed by atoms with Crippen LogP contribution in [0.1, 0.15) is 17.1 Å². The van der Waals surface area contributed by atoms with E-state index in [1.54, 1.807) is 18.4 Å². The number of hydrogen-bond donors (Lipinski definition) is 1. The summed E-state index contributed by atoms with van der Waals surface area (Å²) in [4.78, 5) is 15.6. The van der Waals surface area contributed by atoms with E-state index in [4.69, 9.17) is 4.74 Å². The Morgan fingerprint density at radius 3 is 3.07 bits per heavy atom. The molecule has 4 nitrogen and oxygen atoms in total. The molecule has 1 N–H and O–H groups in total. The van der Waals surface area contributed by atoms with Gasteiger partial charge < -0.3 is 10.1 Å². The van der Waals surface area contributed by atoms with E-state index in [9.17, 15) is 4.79 Å². The van der Waals surface area contributed by atoms with Crippen LogP contribution in [0.2, 0.25) is 0 Å². The molecule has 0 aliphatic rings. The molecule has 1 heterocycles. The summed E-state index contributed by atoms with van der Waals surface area (Å²) in [5.41, 5.74) is 0.999. The molecule has 0 saturated carbocycles. The number of aromatic nitrogens is 1. The minimum absolute atomic E-state index is 0.0534. The number of ether oxygens (including phenoxy) is 1. The van der Waals surface area contributed by atoms with Crippen molar-refractivity contribution < 1.29 is 9.53 Å². The number of amides is 1. The number of thiazole rings is 1. The number of hydrogen-bond acceptors (Lipinski definition) is 4. The first-order chi connectivity index (χ1) is 7.22. The molecule has 0 aliphatic heterocycles. The van der Waals surface area contributed by atoms with Crippen LogP contribution in [0.15, 0.2) is 5.38 Å². The van der Waals surface area contributed by atoms with E-state index in [0.717, 1.165) is 10.7 Å². The van der Waals surface area contributed by atoms with Gasteiger partial charge >= 0.3 is 0 Å². The molecule has 1 aromatic heterocycles. The smallest absolute Gasteiger partial charge is 0.220 e. The number of methoxy groups -OCH3 is 1. The molecule has 0 aromatic carbocycles. The molecule has 15 heavy (non-hydrogen) atoms. The van der Waals surface area contributed by atoms with Crippen molar-refractivity contribution in [3.05, 3.63) is 16.1 Å². The van der Waals surface area contributed by atoms with Crippen LogP contribution in [-0.2, 0) is 16.0 Å². The number of carbonyl (C=O) groups is 1. The van der Waals surface area contributed by atoms with Crippen LogP contribution in [0.4, 0.5) is 0 Å². The van der Waals surface area contributed by atoms with Gasteiger partial charge in [0.05, 0.1) is 17.3 Å². The van der Waals surface area contributed by atoms with Crippen molar-refractivity contribution in [2.45, 2.75) is 19.8 Å². The van der Waals surface area contributed by atoms with Gasteiger partial charge in [-0.05, 0) is 13.3 Å². The molecular weight excluding hydrogens is 212 g/mol. The lowest BCUT2D eigenvalue weighted by atomic mass is 10.2. The maximum Gasteiger partial charge on any atom is 0.220 e. The Morgan fingerprint density at radius 2 is 2.47 bits per heavy atom. The molecule has 0 bridgehead atoms. The molecule has 0 radical (unpaired) electrons. The average Bonchev–Trinajstić information content (AvgIpc) is 2.62. The predicted molar refractivity (Wildman–Crippen MR) is 60.1 cm³/mol. The first-order valence-corrected chi connectivity index (χ1v) is 5.77. The summed E-state index contributed by atoms with van der Waals surface area (Å²) < 4.78 is 4.83. The van der Waals surface area contributed by atoms with Gasteiger partial charge in [-0.25, -0.2) is 4.98 Å². The second-order valence-corrected chi connectivity index (χ2v) is 4.26. The van der Waals surface area contributed by atoms with Gasteiger partial charge in [0.2, 0.25) is 5.91 Å². The highest BCUT2D eigenvalue weighted by Crippen LogP contribution is 2.09. The van der Waals surface area contributed by atoms with E-state index in [0.29, 0.717) is 26.0 Å². The van der Waals surface area contributed by atoms with Crippen molar-refractivity contribution in [1.29, 1.82) is 0 Å². The molecule has 0 unspecified atom stereocenters. The van der Waals surface area contributed by atoms with Gasteiger partial charge in [0.25, 0.3) is 0 Å². The van der Waals surface area contributed by atoms with Gasteiger partial charge in [-0.3, -0.25) is 4.79 Å². The molecule has 1 aromatic rings. The van der Waals surface area contributed by atoms with Gasteiger partial charge in [0.15, 0.2) is 0 Å². The van der Waals surface area contributed by atoms with Crippen LogP contribution in [-0.4, -0.2) is 31.2 Å². The number of carbonyl (C=O) groups excluding carboxylic acids is 1. The molecule has 0 fully saturated rings. The lowest BCUT2D eigenvalue weighted by molar-refractivity contribution is -0.121. The third-order valence-electron chi connectivity index (χ3n) is 1.90. The lowest BCUT2D eigenvalue weighted by Gasteiger charge is -2.02. The van der Waals surface area contributed by atoms with Crippen molar-refractivity contribution in [1.82, 2.24) is 10.3 Å². The summed E-state index contributed by atoms with van der Waals surface area (Å²) in [7, 11) is 1.62. The van der Waals surface area contributed by atoms with E-state index in [-0.39, 0.29) is 5.91 Å². The highest BCUT2D eigenvalue weighted by atomic mass is 32.1. The highest BCUT2D eigenvalue weighted by Gasteiger charge is 2.03. The van der Waals surface area contributed by atoms with Crippen molar-refractivity contribution >= 4 is 17.2 Å². The van der Waals surface area contributed by atoms with Crippen molar-refractivity contribution in [2.24, 2.45) is 0 Å². The number of nitrogens with one attached hydrogen (secondary N) is 1. The monoisotopic (exact) mass is 228 g/mol. The Kier molecular flexibility index (Phi) is 5.28. The van der Waals surface area contributed by atoms with E-state index in [1.807, 2.05) is 12.3 Å². The molecule has 5 heteroatoms. The van der Waals surface area contributed by atoms with Crippen LogP contribution in [0.5, 0.6) is 0 Å². The van der Waals surface area contributed by atoms with Gasteiger partial charge in [0, 0.05) is 25.5 Å². The summed E-state index contributed by atoms with van der Waals surface area (Å²) in [6.45, 7) is 3.10. The summed E-state index contributed by atoms with van der Waals surface area (Å²) >= 11 is 1.61. The van der Waals surface area contributed by atoms with E-state index in [1.165, 1.54) is 0 Å². The zero-order chi connectivity index (χ0) is 11.1. The second kappa shape index (κ2) is 6.53. The fourth-order valence-electron chi connectivity index (χ4n) is 1.15. The van der Waals surface area contributed by atoms with E-state index < -0.39 is 0 Å². The van der Waals surface area contributed by atoms with Crippen LogP contribution in [0.3, 0.4) is 0 Å². The maximum absolute atomic E-state index is 11.3. The topological polar surface area (TPSA) is 51.2 Å². The summed E-state index contributed by atoms with van der Waals surface area (Å²) in [5.74, 6) is 0.0534. The van der Waals surface area contributed by atoms with Crippen LogP contribution >= 0.6 is 11.3 Å². The highest BCUT2D eigenvalue weighted by molar-refractivity contribution is 7.09. The predicted octanol–water partition coefficient (Wildman–Crippen LogP) is 1.15. The quantitative estimate of drug-likeness (QED) is 0.743. The molecule has 0 atom stereocenters. The van der Waals surface area contributed by atoms with Gasteiger partial charge in [-0.15, -0.1) is 11.3 Å².